The van der Waals surface area contributed by atoms with Gasteiger partial charge >= 0.3 is 0 Å². The summed E-state index contributed by atoms with van der Waals surface area (Å²) in [6.45, 7) is 4.90. The van der Waals surface area contributed by atoms with Crippen LogP contribution < -0.4 is 15.1 Å². The lowest BCUT2D eigenvalue weighted by Gasteiger charge is -2.35. The quantitative estimate of drug-likeness (QED) is 0.733. The number of likely N-dealkylation sites (N-methyl/N-ethyl adjacent to an activating group) is 2. The van der Waals surface area contributed by atoms with Gasteiger partial charge in [-0.3, -0.25) is 4.79 Å². The van der Waals surface area contributed by atoms with E-state index in [9.17, 15) is 4.79 Å². The van der Waals surface area contributed by atoms with Gasteiger partial charge in [-0.2, -0.15) is 4.98 Å². The molecule has 1 amide bonds. The molecule has 3 aliphatic rings. The van der Waals surface area contributed by atoms with Crippen LogP contribution in [0.3, 0.4) is 0 Å². The summed E-state index contributed by atoms with van der Waals surface area (Å²) >= 11 is 0. The maximum atomic E-state index is 12.7. The molecule has 0 radical (unpaired) electrons. The molecule has 1 aliphatic carbocycles. The summed E-state index contributed by atoms with van der Waals surface area (Å²) < 4.78 is 0. The van der Waals surface area contributed by atoms with Crippen molar-refractivity contribution in [2.24, 2.45) is 0 Å². The molecule has 8 nitrogen and oxygen atoms in total. The molecule has 8 heteroatoms. The Morgan fingerprint density at radius 3 is 2.44 bits per heavy atom. The predicted octanol–water partition coefficient (Wildman–Crippen LogP) is 3.21. The Balaban J connectivity index is 1.36. The molecule has 34 heavy (non-hydrogen) atoms. The molecule has 1 saturated carbocycles. The van der Waals surface area contributed by atoms with Crippen molar-refractivity contribution in [1.82, 2.24) is 19.8 Å². The van der Waals surface area contributed by atoms with Crippen LogP contribution in [0, 0.1) is 0 Å². The van der Waals surface area contributed by atoms with Crippen molar-refractivity contribution in [1.29, 1.82) is 0 Å². The molecular weight excluding hydrogens is 426 g/mol. The Bertz CT molecular complexity index is 1050. The number of piperazine rings is 1. The lowest BCUT2D eigenvalue weighted by Crippen LogP contribution is -2.44. The van der Waals surface area contributed by atoms with Gasteiger partial charge in [-0.1, -0.05) is 12.8 Å². The van der Waals surface area contributed by atoms with Crippen LogP contribution in [0.15, 0.2) is 36.0 Å². The van der Waals surface area contributed by atoms with Gasteiger partial charge in [0.15, 0.2) is 0 Å². The summed E-state index contributed by atoms with van der Waals surface area (Å²) in [5, 5.41) is 3.38. The number of benzene rings is 1. The zero-order valence-corrected chi connectivity index (χ0v) is 20.5. The molecule has 0 spiro atoms. The van der Waals surface area contributed by atoms with E-state index in [1.807, 2.05) is 12.3 Å². The van der Waals surface area contributed by atoms with E-state index in [1.54, 1.807) is 19.0 Å². The van der Waals surface area contributed by atoms with Gasteiger partial charge in [0.1, 0.15) is 5.82 Å². The average molecular weight is 462 g/mol. The number of hydrogen-bond acceptors (Lipinski definition) is 7. The van der Waals surface area contributed by atoms with Gasteiger partial charge in [0, 0.05) is 75.0 Å². The lowest BCUT2D eigenvalue weighted by atomic mass is 10.0. The number of anilines is 4. The van der Waals surface area contributed by atoms with E-state index < -0.39 is 0 Å². The van der Waals surface area contributed by atoms with Crippen LogP contribution in [0.2, 0.25) is 0 Å². The minimum absolute atomic E-state index is 0.0521. The van der Waals surface area contributed by atoms with Crippen LogP contribution in [0.25, 0.3) is 6.08 Å². The third-order valence-corrected chi connectivity index (χ3v) is 7.18. The summed E-state index contributed by atoms with van der Waals surface area (Å²) in [6.07, 6.45) is 8.54. The number of rotatable bonds is 5. The summed E-state index contributed by atoms with van der Waals surface area (Å²) in [5.41, 5.74) is 3.94. The molecule has 0 atom stereocenters. The molecule has 3 heterocycles. The molecule has 1 saturated heterocycles. The van der Waals surface area contributed by atoms with Crippen LogP contribution in [0.5, 0.6) is 0 Å². The molecule has 1 aromatic heterocycles. The maximum absolute atomic E-state index is 12.7. The van der Waals surface area contributed by atoms with Crippen molar-refractivity contribution in [2.75, 3.05) is 69.0 Å². The average Bonchev–Trinajstić information content (AvgIpc) is 3.39. The number of nitrogens with zero attached hydrogens (tertiary/aromatic N) is 6. The second-order valence-corrected chi connectivity index (χ2v) is 9.87. The molecule has 1 N–H and O–H groups in total. The minimum atomic E-state index is 0.0521. The Morgan fingerprint density at radius 1 is 1.06 bits per heavy atom. The van der Waals surface area contributed by atoms with E-state index >= 15 is 0 Å². The number of amides is 1. The van der Waals surface area contributed by atoms with Crippen molar-refractivity contribution in [3.8, 4) is 0 Å². The molecule has 180 valence electrons. The van der Waals surface area contributed by atoms with Crippen LogP contribution in [-0.2, 0) is 4.79 Å². The van der Waals surface area contributed by atoms with Crippen LogP contribution in [0.1, 0.15) is 31.2 Å². The lowest BCUT2D eigenvalue weighted by molar-refractivity contribution is -0.124. The van der Waals surface area contributed by atoms with Crippen molar-refractivity contribution in [2.45, 2.75) is 31.7 Å². The Labute approximate surface area is 202 Å². The standard InChI is InChI=1S/C26H35N7O/c1-30(2)25(34)20-16-19-17-27-26(29-24(19)33(18-20)23-6-4-5-7-23)28-21-8-10-22(11-9-21)32-14-12-31(3)13-15-32/h8-11,16-17,23H,4-7,12-15,18H2,1-3H3,(H,27,28,29). The number of nitrogens with one attached hydrogen (secondary N) is 1. The number of fused-ring (bicyclic) bond motifs is 1. The van der Waals surface area contributed by atoms with Crippen molar-refractivity contribution in [3.63, 3.8) is 0 Å². The van der Waals surface area contributed by atoms with E-state index in [0.717, 1.165) is 61.7 Å². The van der Waals surface area contributed by atoms with Gasteiger partial charge in [-0.25, -0.2) is 4.98 Å². The van der Waals surface area contributed by atoms with Gasteiger partial charge in [0.25, 0.3) is 5.91 Å². The maximum Gasteiger partial charge on any atom is 0.251 e. The Kier molecular flexibility index (Phi) is 6.41. The zero-order chi connectivity index (χ0) is 23.7. The molecular formula is C26H35N7O. The molecule has 0 unspecified atom stereocenters. The van der Waals surface area contributed by atoms with E-state index in [-0.39, 0.29) is 5.91 Å². The first-order valence-electron chi connectivity index (χ1n) is 12.3. The van der Waals surface area contributed by atoms with Gasteiger partial charge in [-0.05, 0) is 50.2 Å². The van der Waals surface area contributed by atoms with Gasteiger partial charge in [-0.15, -0.1) is 0 Å². The highest BCUT2D eigenvalue weighted by atomic mass is 16.2. The largest absolute Gasteiger partial charge is 0.369 e. The van der Waals surface area contributed by atoms with Crippen molar-refractivity contribution in [3.05, 3.63) is 41.6 Å². The highest BCUT2D eigenvalue weighted by molar-refractivity contribution is 6.00. The first-order valence-corrected chi connectivity index (χ1v) is 12.3. The number of aromatic nitrogens is 2. The summed E-state index contributed by atoms with van der Waals surface area (Å²) in [7, 11) is 5.78. The van der Waals surface area contributed by atoms with E-state index in [0.29, 0.717) is 18.5 Å². The Hall–Kier alpha value is -3.13. The van der Waals surface area contributed by atoms with Crippen LogP contribution in [0.4, 0.5) is 23.1 Å². The highest BCUT2D eigenvalue weighted by Gasteiger charge is 2.31. The topological polar surface area (TPSA) is 67.8 Å². The van der Waals surface area contributed by atoms with Crippen molar-refractivity contribution < 1.29 is 4.79 Å². The highest BCUT2D eigenvalue weighted by Crippen LogP contribution is 2.35. The normalized spacial score (nSPS) is 19.1. The third-order valence-electron chi connectivity index (χ3n) is 7.18. The zero-order valence-electron chi connectivity index (χ0n) is 20.5. The molecule has 1 aromatic carbocycles. The summed E-state index contributed by atoms with van der Waals surface area (Å²) in [4.78, 5) is 31.0. The molecule has 2 fully saturated rings. The smallest absolute Gasteiger partial charge is 0.251 e. The molecule has 2 aromatic rings. The molecule has 2 aliphatic heterocycles. The fourth-order valence-electron chi connectivity index (χ4n) is 5.15. The molecule has 0 bridgehead atoms. The SMILES string of the molecule is CN1CCN(c2ccc(Nc3ncc4c(n3)N(C3CCCC3)CC(C(=O)N(C)C)=C4)cc2)CC1. The van der Waals surface area contributed by atoms with Gasteiger partial charge in [0.2, 0.25) is 5.95 Å². The summed E-state index contributed by atoms with van der Waals surface area (Å²) in [5.74, 6) is 1.56. The number of carbonyl (C=O) groups is 1. The number of carbonyl (C=O) groups excluding carboxylic acids is 1. The Morgan fingerprint density at radius 2 is 1.76 bits per heavy atom. The predicted molar refractivity (Wildman–Crippen MR) is 138 cm³/mol. The summed E-state index contributed by atoms with van der Waals surface area (Å²) in [6, 6.07) is 8.94. The van der Waals surface area contributed by atoms with Gasteiger partial charge in [0.05, 0.1) is 6.54 Å². The fraction of sp³-hybridized carbons (Fsp3) is 0.500. The van der Waals surface area contributed by atoms with Crippen LogP contribution >= 0.6 is 0 Å². The second kappa shape index (κ2) is 9.62. The second-order valence-electron chi connectivity index (χ2n) is 9.87. The fourth-order valence-corrected chi connectivity index (χ4v) is 5.15. The van der Waals surface area contributed by atoms with Crippen molar-refractivity contribution >= 4 is 35.1 Å². The minimum Gasteiger partial charge on any atom is -0.369 e. The van der Waals surface area contributed by atoms with E-state index in [4.69, 9.17) is 4.98 Å². The first-order chi connectivity index (χ1) is 16.5. The van der Waals surface area contributed by atoms with E-state index in [2.05, 4.69) is 56.3 Å². The van der Waals surface area contributed by atoms with Crippen LogP contribution in [-0.4, -0.2) is 85.6 Å². The third kappa shape index (κ3) is 4.73. The van der Waals surface area contributed by atoms with E-state index in [1.165, 1.54) is 18.5 Å². The first kappa shape index (κ1) is 22.7. The van der Waals surface area contributed by atoms with Gasteiger partial charge < -0.3 is 24.9 Å². The monoisotopic (exact) mass is 461 g/mol. The number of hydrogen-bond donors (Lipinski definition) is 1. The molecule has 5 rings (SSSR count).